The van der Waals surface area contributed by atoms with Gasteiger partial charge in [-0.15, -0.1) is 0 Å². The molecular formula is C19H22FIN4O2. The van der Waals surface area contributed by atoms with E-state index in [0.717, 1.165) is 9.99 Å². The maximum atomic E-state index is 14.2. The van der Waals surface area contributed by atoms with Crippen LogP contribution in [-0.2, 0) is 0 Å². The lowest BCUT2D eigenvalue weighted by Gasteiger charge is -2.50. The van der Waals surface area contributed by atoms with Crippen LogP contribution in [0.15, 0.2) is 36.7 Å². The number of nitrogens with one attached hydrogen (secondary N) is 2. The van der Waals surface area contributed by atoms with E-state index in [2.05, 4.69) is 15.6 Å². The van der Waals surface area contributed by atoms with Gasteiger partial charge in [0, 0.05) is 15.8 Å². The van der Waals surface area contributed by atoms with Crippen LogP contribution in [0.3, 0.4) is 0 Å². The van der Waals surface area contributed by atoms with Crippen LogP contribution in [0, 0.1) is 9.39 Å². The summed E-state index contributed by atoms with van der Waals surface area (Å²) in [4.78, 5) is 18.5. The number of β-amino-alcohol motifs (C(OH)–C–C–N with tert-alkyl or cyclic N) is 1. The fraction of sp³-hybridized carbons (Fsp3) is 0.368. The molecule has 1 saturated heterocycles. The van der Waals surface area contributed by atoms with E-state index >= 15 is 0 Å². The average Bonchev–Trinajstić information content (AvgIpc) is 2.62. The van der Waals surface area contributed by atoms with Gasteiger partial charge in [-0.1, -0.05) is 6.92 Å². The number of rotatable bonds is 6. The van der Waals surface area contributed by atoms with E-state index in [-0.39, 0.29) is 30.7 Å². The number of carbonyl (C=O) groups is 1. The Morgan fingerprint density at radius 2 is 2.15 bits per heavy atom. The minimum atomic E-state index is -0.929. The highest BCUT2D eigenvalue weighted by atomic mass is 127. The van der Waals surface area contributed by atoms with Gasteiger partial charge in [-0.2, -0.15) is 0 Å². The van der Waals surface area contributed by atoms with E-state index in [9.17, 15) is 14.3 Å². The molecule has 2 heterocycles. The first kappa shape index (κ1) is 20.0. The molecule has 1 unspecified atom stereocenters. The van der Waals surface area contributed by atoms with Gasteiger partial charge in [0.15, 0.2) is 0 Å². The molecule has 3 rings (SSSR count). The number of amides is 1. The second kappa shape index (κ2) is 8.07. The summed E-state index contributed by atoms with van der Waals surface area (Å²) in [5.74, 6) is -0.622. The lowest BCUT2D eigenvalue weighted by atomic mass is 9.84. The minimum Gasteiger partial charge on any atom is -0.385 e. The molecule has 0 spiro atoms. The van der Waals surface area contributed by atoms with E-state index in [1.807, 2.05) is 29.5 Å². The maximum absolute atomic E-state index is 14.2. The molecule has 3 N–H and O–H groups in total. The fourth-order valence-electron chi connectivity index (χ4n) is 3.42. The van der Waals surface area contributed by atoms with Crippen LogP contribution >= 0.6 is 22.6 Å². The van der Waals surface area contributed by atoms with Gasteiger partial charge in [0.05, 0.1) is 36.2 Å². The highest BCUT2D eigenvalue weighted by molar-refractivity contribution is 14.1. The van der Waals surface area contributed by atoms with Crippen molar-refractivity contribution in [2.75, 3.05) is 25.5 Å². The summed E-state index contributed by atoms with van der Waals surface area (Å²) in [7, 11) is 1.80. The molecule has 1 amide bonds. The average molecular weight is 484 g/mol. The van der Waals surface area contributed by atoms with E-state index in [1.54, 1.807) is 30.1 Å². The van der Waals surface area contributed by atoms with Crippen molar-refractivity contribution in [2.45, 2.75) is 25.0 Å². The summed E-state index contributed by atoms with van der Waals surface area (Å²) in [6.45, 7) is 2.50. The number of pyridine rings is 1. The summed E-state index contributed by atoms with van der Waals surface area (Å²) < 4.78 is 14.9. The third-order valence-electron chi connectivity index (χ3n) is 4.87. The van der Waals surface area contributed by atoms with Crippen molar-refractivity contribution in [3.63, 3.8) is 0 Å². The summed E-state index contributed by atoms with van der Waals surface area (Å²) >= 11 is 2.04. The van der Waals surface area contributed by atoms with Crippen LogP contribution in [0.4, 0.5) is 15.8 Å². The molecule has 8 heteroatoms. The van der Waals surface area contributed by atoms with Crippen LogP contribution in [0.25, 0.3) is 0 Å². The number of benzene rings is 1. The monoisotopic (exact) mass is 484 g/mol. The number of aromatic nitrogens is 1. The van der Waals surface area contributed by atoms with Gasteiger partial charge < -0.3 is 20.6 Å². The molecule has 144 valence electrons. The number of hydrogen-bond acceptors (Lipinski definition) is 5. The van der Waals surface area contributed by atoms with Crippen LogP contribution in [0.1, 0.15) is 23.7 Å². The Balaban J connectivity index is 1.77. The van der Waals surface area contributed by atoms with Crippen molar-refractivity contribution < 1.29 is 14.3 Å². The van der Waals surface area contributed by atoms with Gasteiger partial charge in [0.1, 0.15) is 11.4 Å². The quantitative estimate of drug-likeness (QED) is 0.550. The topological polar surface area (TPSA) is 77.5 Å². The van der Waals surface area contributed by atoms with Crippen molar-refractivity contribution in [2.24, 2.45) is 0 Å². The molecular weight excluding hydrogens is 462 g/mol. The molecule has 27 heavy (non-hydrogen) atoms. The zero-order valence-corrected chi connectivity index (χ0v) is 17.3. The number of aliphatic hydroxyl groups is 1. The van der Waals surface area contributed by atoms with E-state index in [0.29, 0.717) is 11.3 Å². The van der Waals surface area contributed by atoms with Gasteiger partial charge in [-0.3, -0.25) is 9.78 Å². The molecule has 1 atom stereocenters. The number of halogens is 2. The molecule has 2 aromatic rings. The van der Waals surface area contributed by atoms with Crippen molar-refractivity contribution in [1.82, 2.24) is 15.2 Å². The Morgan fingerprint density at radius 3 is 2.78 bits per heavy atom. The van der Waals surface area contributed by atoms with Crippen LogP contribution in [-0.4, -0.2) is 52.7 Å². The zero-order valence-electron chi connectivity index (χ0n) is 15.2. The summed E-state index contributed by atoms with van der Waals surface area (Å²) in [5.41, 5.74) is 0.169. The normalized spacial score (nSPS) is 16.6. The third-order valence-corrected chi connectivity index (χ3v) is 5.54. The Kier molecular flexibility index (Phi) is 5.97. The van der Waals surface area contributed by atoms with Crippen LogP contribution in [0.2, 0.25) is 0 Å². The zero-order chi connectivity index (χ0) is 19.6. The maximum Gasteiger partial charge on any atom is 0.256 e. The van der Waals surface area contributed by atoms with Crippen molar-refractivity contribution in [1.29, 1.82) is 0 Å². The van der Waals surface area contributed by atoms with Gasteiger partial charge >= 0.3 is 0 Å². The Hall–Kier alpha value is -1.78. The molecule has 1 aliphatic rings. The first-order chi connectivity index (χ1) is 12.9. The predicted octanol–water partition coefficient (Wildman–Crippen LogP) is 2.75. The molecule has 1 fully saturated rings. The SMILES string of the molecule is CCC(NC)C1(O)CN(C(=O)c2ccncc2Nc2ccc(I)cc2F)C1. The Labute approximate surface area is 171 Å². The number of nitrogens with zero attached hydrogens (tertiary/aromatic N) is 2. The van der Waals surface area contributed by atoms with Gasteiger partial charge in [-0.25, -0.2) is 4.39 Å². The van der Waals surface area contributed by atoms with E-state index in [1.165, 1.54) is 18.5 Å². The van der Waals surface area contributed by atoms with Gasteiger partial charge in [-0.05, 0) is 60.3 Å². The highest BCUT2D eigenvalue weighted by Crippen LogP contribution is 2.30. The standard InChI is InChI=1S/C19H22FIN4O2/c1-3-17(22-2)19(27)10-25(11-19)18(26)13-6-7-23-9-16(13)24-15-5-4-12(21)8-14(15)20/h4-9,17,22,24,27H,3,10-11H2,1-2H3. The summed E-state index contributed by atoms with van der Waals surface area (Å²) in [5, 5.41) is 16.7. The lowest BCUT2D eigenvalue weighted by Crippen LogP contribution is -2.71. The van der Waals surface area contributed by atoms with Crippen molar-refractivity contribution in [3.05, 3.63) is 51.6 Å². The summed E-state index contributed by atoms with van der Waals surface area (Å²) in [6, 6.07) is 6.35. The molecule has 0 bridgehead atoms. The molecule has 1 aromatic carbocycles. The van der Waals surface area contributed by atoms with Crippen LogP contribution < -0.4 is 10.6 Å². The Bertz CT molecular complexity index is 838. The second-order valence-corrected chi connectivity index (χ2v) is 7.93. The molecule has 1 aromatic heterocycles. The van der Waals surface area contributed by atoms with Gasteiger partial charge in [0.2, 0.25) is 0 Å². The van der Waals surface area contributed by atoms with Crippen molar-refractivity contribution >= 4 is 39.9 Å². The molecule has 0 saturated carbocycles. The summed E-state index contributed by atoms with van der Waals surface area (Å²) in [6.07, 6.45) is 3.79. The molecule has 1 aliphatic heterocycles. The van der Waals surface area contributed by atoms with Gasteiger partial charge in [0.25, 0.3) is 5.91 Å². The number of likely N-dealkylation sites (N-methyl/N-ethyl adjacent to an activating group) is 1. The van der Waals surface area contributed by atoms with Crippen molar-refractivity contribution in [3.8, 4) is 0 Å². The number of hydrogen-bond donors (Lipinski definition) is 3. The predicted molar refractivity (Wildman–Crippen MR) is 111 cm³/mol. The number of anilines is 2. The lowest BCUT2D eigenvalue weighted by molar-refractivity contribution is -0.103. The fourth-order valence-corrected chi connectivity index (χ4v) is 3.87. The molecule has 6 nitrogen and oxygen atoms in total. The smallest absolute Gasteiger partial charge is 0.256 e. The molecule has 0 aliphatic carbocycles. The van der Waals surface area contributed by atoms with Crippen LogP contribution in [0.5, 0.6) is 0 Å². The second-order valence-electron chi connectivity index (χ2n) is 6.68. The first-order valence-electron chi connectivity index (χ1n) is 8.73. The minimum absolute atomic E-state index is 0.0718. The molecule has 0 radical (unpaired) electrons. The largest absolute Gasteiger partial charge is 0.385 e. The number of carbonyl (C=O) groups excluding carboxylic acids is 1. The Morgan fingerprint density at radius 1 is 1.41 bits per heavy atom. The highest BCUT2D eigenvalue weighted by Gasteiger charge is 2.48. The third kappa shape index (κ3) is 4.07. The van der Waals surface area contributed by atoms with E-state index in [4.69, 9.17) is 0 Å². The number of likely N-dealkylation sites (tertiary alicyclic amines) is 1. The first-order valence-corrected chi connectivity index (χ1v) is 9.81. The van der Waals surface area contributed by atoms with E-state index < -0.39 is 11.4 Å².